The molecule has 2 aromatic carbocycles. The van der Waals surface area contributed by atoms with Gasteiger partial charge in [0.15, 0.2) is 5.82 Å². The minimum Gasteiger partial charge on any atom is -0.398 e. The second kappa shape index (κ2) is 9.43. The van der Waals surface area contributed by atoms with E-state index in [0.29, 0.717) is 28.2 Å². The fraction of sp³-hybridized carbons (Fsp3) is 0.217. The number of nitrogen functional groups attached to an aromatic ring is 1. The van der Waals surface area contributed by atoms with Gasteiger partial charge in [0.2, 0.25) is 5.95 Å². The minimum atomic E-state index is -2.49. The van der Waals surface area contributed by atoms with E-state index >= 15 is 0 Å². The van der Waals surface area contributed by atoms with Gasteiger partial charge in [0, 0.05) is 28.7 Å². The molecule has 1 aromatic heterocycles. The van der Waals surface area contributed by atoms with Crippen molar-refractivity contribution in [2.24, 2.45) is 0 Å². The molecule has 0 amide bonds. The molecule has 0 aliphatic rings. The number of aryl methyl sites for hydroxylation is 1. The second-order valence-electron chi connectivity index (χ2n) is 7.42. The van der Waals surface area contributed by atoms with E-state index in [-0.39, 0.29) is 0 Å². The zero-order valence-electron chi connectivity index (χ0n) is 18.0. The molecule has 31 heavy (non-hydrogen) atoms. The molecule has 160 valence electrons. The number of anilines is 5. The number of nitrogens with zero attached hydrogens (tertiary/aromatic N) is 2. The van der Waals surface area contributed by atoms with E-state index in [1.54, 1.807) is 13.3 Å². The van der Waals surface area contributed by atoms with Gasteiger partial charge in [-0.1, -0.05) is 42.5 Å². The number of halogens is 1. The second-order valence-corrected chi connectivity index (χ2v) is 11.0. The van der Waals surface area contributed by atoms with Crippen LogP contribution in [0.1, 0.15) is 24.5 Å². The lowest BCUT2D eigenvalue weighted by Crippen LogP contribution is -2.11. The maximum absolute atomic E-state index is 12.6. The highest BCUT2D eigenvalue weighted by molar-refractivity contribution is 7.70. The topological polar surface area (TPSA) is 92.9 Å². The van der Waals surface area contributed by atoms with Crippen LogP contribution in [0.4, 0.5) is 28.8 Å². The van der Waals surface area contributed by atoms with Crippen molar-refractivity contribution in [3.63, 3.8) is 0 Å². The minimum absolute atomic E-state index is 0.351. The predicted octanol–water partition coefficient (Wildman–Crippen LogP) is 5.52. The SMILES string of the molecule is CCC#Cc1cc(C)c(Nc2ncc(Cl)c(Nc3ccccc3P(C)(C)=O)n2)cc1N. The van der Waals surface area contributed by atoms with Gasteiger partial charge in [0.25, 0.3) is 0 Å². The molecular formula is C23H25ClN5OP. The molecule has 3 rings (SSSR count). The lowest BCUT2D eigenvalue weighted by atomic mass is 10.1. The van der Waals surface area contributed by atoms with Crippen molar-refractivity contribution in [1.82, 2.24) is 9.97 Å². The van der Waals surface area contributed by atoms with Gasteiger partial charge in [0.05, 0.1) is 11.9 Å². The summed E-state index contributed by atoms with van der Waals surface area (Å²) in [6.07, 6.45) is 2.28. The molecule has 0 aliphatic carbocycles. The summed E-state index contributed by atoms with van der Waals surface area (Å²) < 4.78 is 12.6. The summed E-state index contributed by atoms with van der Waals surface area (Å²) in [4.78, 5) is 8.78. The van der Waals surface area contributed by atoms with Crippen LogP contribution in [0.2, 0.25) is 5.02 Å². The molecular weight excluding hydrogens is 429 g/mol. The molecule has 0 aliphatic heterocycles. The number of nitrogens with two attached hydrogens (primary N) is 1. The van der Waals surface area contributed by atoms with Crippen molar-refractivity contribution in [1.29, 1.82) is 0 Å². The highest BCUT2D eigenvalue weighted by atomic mass is 35.5. The van der Waals surface area contributed by atoms with E-state index in [9.17, 15) is 4.57 Å². The van der Waals surface area contributed by atoms with Gasteiger partial charge in [0.1, 0.15) is 12.2 Å². The fourth-order valence-electron chi connectivity index (χ4n) is 2.96. The van der Waals surface area contributed by atoms with E-state index in [2.05, 4.69) is 32.4 Å². The molecule has 0 saturated carbocycles. The summed E-state index contributed by atoms with van der Waals surface area (Å²) in [5, 5.41) is 7.46. The molecule has 3 aromatic rings. The van der Waals surface area contributed by atoms with Crippen LogP contribution in [0.15, 0.2) is 42.6 Å². The maximum atomic E-state index is 12.6. The smallest absolute Gasteiger partial charge is 0.229 e. The fourth-order valence-corrected chi connectivity index (χ4v) is 4.26. The Morgan fingerprint density at radius 1 is 1.16 bits per heavy atom. The first-order valence-electron chi connectivity index (χ1n) is 9.79. The largest absolute Gasteiger partial charge is 0.398 e. The zero-order chi connectivity index (χ0) is 22.6. The molecule has 8 heteroatoms. The number of hydrogen-bond acceptors (Lipinski definition) is 6. The van der Waals surface area contributed by atoms with Crippen LogP contribution in [-0.2, 0) is 4.57 Å². The van der Waals surface area contributed by atoms with Crippen molar-refractivity contribution >= 4 is 52.9 Å². The quantitative estimate of drug-likeness (QED) is 0.267. The van der Waals surface area contributed by atoms with E-state index in [1.165, 1.54) is 6.20 Å². The number of aromatic nitrogens is 2. The number of benzene rings is 2. The Bertz CT molecular complexity index is 1230. The molecule has 0 saturated heterocycles. The van der Waals surface area contributed by atoms with Crippen LogP contribution >= 0.6 is 18.7 Å². The lowest BCUT2D eigenvalue weighted by Gasteiger charge is -2.16. The van der Waals surface area contributed by atoms with E-state index in [4.69, 9.17) is 17.3 Å². The van der Waals surface area contributed by atoms with Gasteiger partial charge in [-0.05, 0) is 50.1 Å². The lowest BCUT2D eigenvalue weighted by molar-refractivity contribution is 0.588. The van der Waals surface area contributed by atoms with Crippen molar-refractivity contribution in [2.75, 3.05) is 29.7 Å². The Balaban J connectivity index is 1.91. The monoisotopic (exact) mass is 453 g/mol. The standard InChI is InChI=1S/C23H25ClN5OP/c1-5-6-9-16-12-15(2)20(13-18(16)25)28-23-26-14-17(24)22(29-23)27-19-10-7-8-11-21(19)31(3,4)30/h7-8,10-14H,5,25H2,1-4H3,(H2,26,27,28,29). The summed E-state index contributed by atoms with van der Waals surface area (Å²) in [5.41, 5.74) is 9.97. The van der Waals surface area contributed by atoms with Crippen molar-refractivity contribution in [2.45, 2.75) is 20.3 Å². The van der Waals surface area contributed by atoms with Gasteiger partial charge >= 0.3 is 0 Å². The first-order valence-corrected chi connectivity index (χ1v) is 12.8. The van der Waals surface area contributed by atoms with Gasteiger partial charge in [-0.3, -0.25) is 0 Å². The summed E-state index contributed by atoms with van der Waals surface area (Å²) in [5.74, 6) is 6.88. The van der Waals surface area contributed by atoms with Crippen LogP contribution in [0.5, 0.6) is 0 Å². The summed E-state index contributed by atoms with van der Waals surface area (Å²) in [6.45, 7) is 7.41. The molecule has 4 N–H and O–H groups in total. The molecule has 0 radical (unpaired) electrons. The third-order valence-corrected chi connectivity index (χ3v) is 6.35. The van der Waals surface area contributed by atoms with E-state index in [1.807, 2.05) is 50.2 Å². The average molecular weight is 454 g/mol. The Labute approximate surface area is 188 Å². The maximum Gasteiger partial charge on any atom is 0.229 e. The molecule has 6 nitrogen and oxygen atoms in total. The molecule has 0 spiro atoms. The van der Waals surface area contributed by atoms with E-state index in [0.717, 1.165) is 28.5 Å². The summed E-state index contributed by atoms with van der Waals surface area (Å²) in [6, 6.07) is 11.2. The normalized spacial score (nSPS) is 10.9. The molecule has 1 heterocycles. The Morgan fingerprint density at radius 3 is 2.61 bits per heavy atom. The first-order chi connectivity index (χ1) is 14.7. The first kappa shape index (κ1) is 22.7. The van der Waals surface area contributed by atoms with Gasteiger partial charge in [-0.2, -0.15) is 4.98 Å². The molecule has 0 bridgehead atoms. The highest BCUT2D eigenvalue weighted by Crippen LogP contribution is 2.38. The van der Waals surface area contributed by atoms with Crippen LogP contribution < -0.4 is 21.7 Å². The Hall–Kier alpha value is -3.00. The molecule has 0 unspecified atom stereocenters. The third-order valence-electron chi connectivity index (χ3n) is 4.52. The highest BCUT2D eigenvalue weighted by Gasteiger charge is 2.17. The average Bonchev–Trinajstić information content (AvgIpc) is 2.71. The van der Waals surface area contributed by atoms with Gasteiger partial charge < -0.3 is 20.9 Å². The van der Waals surface area contributed by atoms with E-state index < -0.39 is 7.14 Å². The number of nitrogens with one attached hydrogen (secondary N) is 2. The Kier molecular flexibility index (Phi) is 6.90. The van der Waals surface area contributed by atoms with Crippen LogP contribution in [0.3, 0.4) is 0 Å². The summed E-state index contributed by atoms with van der Waals surface area (Å²) >= 11 is 6.32. The van der Waals surface area contributed by atoms with Gasteiger partial charge in [-0.25, -0.2) is 4.98 Å². The third kappa shape index (κ3) is 5.58. The van der Waals surface area contributed by atoms with Crippen molar-refractivity contribution < 1.29 is 4.57 Å². The number of hydrogen-bond donors (Lipinski definition) is 3. The van der Waals surface area contributed by atoms with Crippen LogP contribution in [0, 0.1) is 18.8 Å². The van der Waals surface area contributed by atoms with Gasteiger partial charge in [-0.15, -0.1) is 0 Å². The Morgan fingerprint density at radius 2 is 1.90 bits per heavy atom. The number of rotatable bonds is 5. The molecule has 0 atom stereocenters. The van der Waals surface area contributed by atoms with Crippen molar-refractivity contribution in [3.05, 3.63) is 58.7 Å². The predicted molar refractivity (Wildman–Crippen MR) is 132 cm³/mol. The summed E-state index contributed by atoms with van der Waals surface area (Å²) in [7, 11) is -2.49. The number of para-hydroxylation sites is 1. The van der Waals surface area contributed by atoms with Crippen LogP contribution in [0.25, 0.3) is 0 Å². The van der Waals surface area contributed by atoms with Crippen molar-refractivity contribution in [3.8, 4) is 11.8 Å². The molecule has 0 fully saturated rings. The van der Waals surface area contributed by atoms with Crippen LogP contribution in [-0.4, -0.2) is 23.3 Å². The zero-order valence-corrected chi connectivity index (χ0v) is 19.6.